The van der Waals surface area contributed by atoms with Crippen LogP contribution in [0.25, 0.3) is 0 Å². The van der Waals surface area contributed by atoms with Crippen LogP contribution in [-0.4, -0.2) is 78.5 Å². The summed E-state index contributed by atoms with van der Waals surface area (Å²) in [7, 11) is 0. The summed E-state index contributed by atoms with van der Waals surface area (Å²) in [4.78, 5) is 0. The van der Waals surface area contributed by atoms with Crippen molar-refractivity contribution in [3.8, 4) is 0 Å². The minimum absolute atomic E-state index is 0. The molecule has 0 aromatic heterocycles. The van der Waals surface area contributed by atoms with E-state index < -0.39 is 0 Å². The van der Waals surface area contributed by atoms with Gasteiger partial charge in [0.25, 0.3) is 0 Å². The molecule has 0 aromatic carbocycles. The summed E-state index contributed by atoms with van der Waals surface area (Å²) in [6.45, 7) is 20.0. The van der Waals surface area contributed by atoms with Crippen LogP contribution in [0.2, 0.25) is 0 Å². The van der Waals surface area contributed by atoms with E-state index in [1.807, 2.05) is 0 Å². The Morgan fingerprint density at radius 2 is 0.567 bits per heavy atom. The van der Waals surface area contributed by atoms with Gasteiger partial charge in [0, 0.05) is 0 Å². The van der Waals surface area contributed by atoms with Crippen LogP contribution < -0.4 is 44.2 Å². The maximum atomic E-state index is 5.23. The van der Waals surface area contributed by atoms with Gasteiger partial charge in [-0.05, 0) is 104 Å². The zero-order valence-electron chi connectivity index (χ0n) is 20.6. The Kier molecular flexibility index (Phi) is 83.8. The molecule has 8 nitrogen and oxygen atoms in total. The van der Waals surface area contributed by atoms with Crippen LogP contribution in [0.4, 0.5) is 0 Å². The van der Waals surface area contributed by atoms with Crippen molar-refractivity contribution in [3.05, 3.63) is 0 Å². The summed E-state index contributed by atoms with van der Waals surface area (Å²) < 4.78 is 0. The first-order chi connectivity index (χ1) is 13.7. The maximum Gasteiger partial charge on any atom is -0.00370 e. The average Bonchev–Trinajstić information content (AvgIpc) is 2.71. The van der Waals surface area contributed by atoms with Crippen molar-refractivity contribution >= 4 is 27.0 Å². The SMILES string of the molecule is CCNCCCN.CCNCCCN.CCNCCCN.CCNCCCN.S.S. The zero-order chi connectivity index (χ0) is 22.1. The van der Waals surface area contributed by atoms with E-state index in [2.05, 4.69) is 49.0 Å². The number of hydrogen-bond donors (Lipinski definition) is 8. The third kappa shape index (κ3) is 79.3. The van der Waals surface area contributed by atoms with Crippen LogP contribution in [0.3, 0.4) is 0 Å². The lowest BCUT2D eigenvalue weighted by atomic mass is 10.4. The molecule has 0 rings (SSSR count). The molecule has 10 heteroatoms. The Morgan fingerprint density at radius 1 is 0.400 bits per heavy atom. The van der Waals surface area contributed by atoms with E-state index in [1.54, 1.807) is 0 Å². The minimum atomic E-state index is 0. The van der Waals surface area contributed by atoms with Gasteiger partial charge in [-0.2, -0.15) is 27.0 Å². The smallest absolute Gasteiger partial charge is 0.00370 e. The average molecular weight is 477 g/mol. The lowest BCUT2D eigenvalue weighted by Gasteiger charge is -1.95. The molecule has 0 saturated carbocycles. The van der Waals surface area contributed by atoms with Crippen molar-refractivity contribution in [1.29, 1.82) is 0 Å². The Balaban J connectivity index is -0.0000000626. The number of rotatable bonds is 16. The van der Waals surface area contributed by atoms with Gasteiger partial charge in [-0.1, -0.05) is 27.7 Å². The summed E-state index contributed by atoms with van der Waals surface area (Å²) in [6.07, 6.45) is 4.36. The lowest BCUT2D eigenvalue weighted by molar-refractivity contribution is 0.679. The van der Waals surface area contributed by atoms with Gasteiger partial charge in [-0.15, -0.1) is 0 Å². The monoisotopic (exact) mass is 476 g/mol. The predicted molar refractivity (Wildman–Crippen MR) is 150 cm³/mol. The first-order valence-electron chi connectivity index (χ1n) is 11.3. The molecule has 0 aliphatic carbocycles. The molecule has 0 unspecified atom stereocenters. The maximum absolute atomic E-state index is 5.23. The molecule has 0 spiro atoms. The highest BCUT2D eigenvalue weighted by Crippen LogP contribution is 1.67. The second-order valence-corrected chi connectivity index (χ2v) is 5.98. The van der Waals surface area contributed by atoms with Gasteiger partial charge in [-0.3, -0.25) is 0 Å². The zero-order valence-corrected chi connectivity index (χ0v) is 22.6. The second-order valence-electron chi connectivity index (χ2n) is 5.98. The van der Waals surface area contributed by atoms with Crippen LogP contribution in [0.1, 0.15) is 53.4 Å². The summed E-state index contributed by atoms with van der Waals surface area (Å²) in [6, 6.07) is 0. The van der Waals surface area contributed by atoms with Gasteiger partial charge in [-0.25, -0.2) is 0 Å². The fourth-order valence-corrected chi connectivity index (χ4v) is 1.62. The number of nitrogens with one attached hydrogen (secondary N) is 4. The van der Waals surface area contributed by atoms with E-state index in [1.165, 1.54) is 0 Å². The third-order valence-electron chi connectivity index (χ3n) is 3.23. The normalized spacial score (nSPS) is 8.80. The first kappa shape index (κ1) is 44.1. The molecule has 0 aliphatic rings. The second kappa shape index (κ2) is 57.0. The fourth-order valence-electron chi connectivity index (χ4n) is 1.62. The molecule has 0 radical (unpaired) electrons. The van der Waals surface area contributed by atoms with Gasteiger partial charge in [0.1, 0.15) is 0 Å². The molecule has 30 heavy (non-hydrogen) atoms. The summed E-state index contributed by atoms with van der Waals surface area (Å²) in [5, 5.41) is 12.7. The predicted octanol–water partition coefficient (Wildman–Crippen LogP) is 0.00440. The van der Waals surface area contributed by atoms with Crippen molar-refractivity contribution in [1.82, 2.24) is 21.3 Å². The highest BCUT2D eigenvalue weighted by Gasteiger charge is 1.79. The van der Waals surface area contributed by atoms with Crippen LogP contribution in [-0.2, 0) is 0 Å². The highest BCUT2D eigenvalue weighted by molar-refractivity contribution is 7.59. The van der Waals surface area contributed by atoms with E-state index in [-0.39, 0.29) is 27.0 Å². The Bertz CT molecular complexity index is 152. The van der Waals surface area contributed by atoms with Gasteiger partial charge in [0.15, 0.2) is 0 Å². The van der Waals surface area contributed by atoms with Gasteiger partial charge < -0.3 is 44.2 Å². The van der Waals surface area contributed by atoms with Crippen molar-refractivity contribution in [2.45, 2.75) is 53.4 Å². The molecule has 0 fully saturated rings. The van der Waals surface area contributed by atoms with E-state index in [4.69, 9.17) is 22.9 Å². The summed E-state index contributed by atoms with van der Waals surface area (Å²) in [5.74, 6) is 0. The van der Waals surface area contributed by atoms with E-state index in [0.29, 0.717) is 0 Å². The first-order valence-corrected chi connectivity index (χ1v) is 11.3. The Morgan fingerprint density at radius 3 is 0.667 bits per heavy atom. The van der Waals surface area contributed by atoms with Crippen LogP contribution >= 0.6 is 27.0 Å². The molecule has 192 valence electrons. The molecule has 0 heterocycles. The Hall–Kier alpha value is 0.380. The fraction of sp³-hybridized carbons (Fsp3) is 1.00. The molecule has 0 saturated heterocycles. The molecular weight excluding hydrogens is 416 g/mol. The molecule has 0 amide bonds. The van der Waals surface area contributed by atoms with E-state index in [0.717, 1.165) is 104 Å². The number of hydrogen-bond acceptors (Lipinski definition) is 8. The standard InChI is InChI=1S/4C5H14N2.2H2S/c4*1-2-7-5-3-4-6;;/h4*7H,2-6H2,1H3;2*1H2. The number of nitrogens with two attached hydrogens (primary N) is 4. The molecular formula is C20H60N8S2. The van der Waals surface area contributed by atoms with Crippen molar-refractivity contribution < 1.29 is 0 Å². The molecule has 0 bridgehead atoms. The quantitative estimate of drug-likeness (QED) is 0.145. The molecule has 12 N–H and O–H groups in total. The van der Waals surface area contributed by atoms with Gasteiger partial charge in [0.2, 0.25) is 0 Å². The van der Waals surface area contributed by atoms with Gasteiger partial charge in [0.05, 0.1) is 0 Å². The molecule has 0 aromatic rings. The topological polar surface area (TPSA) is 152 Å². The third-order valence-corrected chi connectivity index (χ3v) is 3.23. The summed E-state index contributed by atoms with van der Waals surface area (Å²) in [5.41, 5.74) is 20.9. The molecule has 0 aliphatic heterocycles. The molecule has 0 atom stereocenters. The van der Waals surface area contributed by atoms with E-state index in [9.17, 15) is 0 Å². The van der Waals surface area contributed by atoms with Crippen LogP contribution in [0, 0.1) is 0 Å². The Labute approximate surface area is 203 Å². The van der Waals surface area contributed by atoms with Crippen molar-refractivity contribution in [2.24, 2.45) is 22.9 Å². The van der Waals surface area contributed by atoms with Crippen LogP contribution in [0.15, 0.2) is 0 Å². The summed E-state index contributed by atoms with van der Waals surface area (Å²) >= 11 is 0. The highest BCUT2D eigenvalue weighted by atomic mass is 32.1. The lowest BCUT2D eigenvalue weighted by Crippen LogP contribution is -2.17. The van der Waals surface area contributed by atoms with Crippen molar-refractivity contribution in [3.63, 3.8) is 0 Å². The van der Waals surface area contributed by atoms with E-state index >= 15 is 0 Å². The largest absolute Gasteiger partial charge is 0.330 e. The van der Waals surface area contributed by atoms with Gasteiger partial charge >= 0.3 is 0 Å². The van der Waals surface area contributed by atoms with Crippen molar-refractivity contribution in [2.75, 3.05) is 78.5 Å². The van der Waals surface area contributed by atoms with Crippen LogP contribution in [0.5, 0.6) is 0 Å². The minimum Gasteiger partial charge on any atom is -0.330 e.